The van der Waals surface area contributed by atoms with E-state index in [9.17, 15) is 9.18 Å². The summed E-state index contributed by atoms with van der Waals surface area (Å²) < 4.78 is 13.9. The van der Waals surface area contributed by atoms with Crippen LogP contribution in [0.5, 0.6) is 0 Å². The van der Waals surface area contributed by atoms with Crippen molar-refractivity contribution in [3.63, 3.8) is 0 Å². The van der Waals surface area contributed by atoms with E-state index in [0.717, 1.165) is 0 Å². The lowest BCUT2D eigenvalue weighted by Gasteiger charge is -2.16. The molecule has 0 saturated carbocycles. The first-order chi connectivity index (χ1) is 11.0. The number of nitrogens with zero attached hydrogens (tertiary/aromatic N) is 2. The van der Waals surface area contributed by atoms with Crippen molar-refractivity contribution < 1.29 is 9.18 Å². The van der Waals surface area contributed by atoms with E-state index in [4.69, 9.17) is 11.6 Å². The Morgan fingerprint density at radius 2 is 2.09 bits per heavy atom. The number of hydrogen-bond acceptors (Lipinski definition) is 3. The van der Waals surface area contributed by atoms with Gasteiger partial charge in [-0.1, -0.05) is 48.5 Å². The van der Waals surface area contributed by atoms with Crippen LogP contribution in [0, 0.1) is 5.82 Å². The summed E-state index contributed by atoms with van der Waals surface area (Å²) in [5.74, 6) is -0.898. The monoisotopic (exact) mass is 348 g/mol. The SMILES string of the molecule is C[C@H]1CN(C(=O)c2ccccc2F)C(=Nc2cccc(Cl)c2)S1. The summed E-state index contributed by atoms with van der Waals surface area (Å²) in [5, 5.41) is 1.34. The zero-order chi connectivity index (χ0) is 16.4. The highest BCUT2D eigenvalue weighted by Crippen LogP contribution is 2.30. The summed E-state index contributed by atoms with van der Waals surface area (Å²) >= 11 is 7.46. The smallest absolute Gasteiger partial charge is 0.262 e. The lowest BCUT2D eigenvalue weighted by atomic mass is 10.2. The van der Waals surface area contributed by atoms with E-state index < -0.39 is 5.82 Å². The summed E-state index contributed by atoms with van der Waals surface area (Å²) in [6, 6.07) is 13.1. The van der Waals surface area contributed by atoms with Crippen LogP contribution in [0.1, 0.15) is 17.3 Å². The molecular formula is C17H14ClFN2OS. The number of amidine groups is 1. The van der Waals surface area contributed by atoms with Crippen LogP contribution in [0.25, 0.3) is 0 Å². The summed E-state index contributed by atoms with van der Waals surface area (Å²) in [5.41, 5.74) is 0.724. The van der Waals surface area contributed by atoms with Crippen LogP contribution in [0.3, 0.4) is 0 Å². The van der Waals surface area contributed by atoms with Gasteiger partial charge in [0.2, 0.25) is 0 Å². The third-order valence-corrected chi connectivity index (χ3v) is 4.67. The Morgan fingerprint density at radius 1 is 1.30 bits per heavy atom. The Labute approximate surface area is 143 Å². The van der Waals surface area contributed by atoms with Crippen LogP contribution in [-0.2, 0) is 0 Å². The van der Waals surface area contributed by atoms with Crippen LogP contribution in [0.2, 0.25) is 5.02 Å². The second-order valence-corrected chi connectivity index (χ2v) is 7.04. The number of carbonyl (C=O) groups excluding carboxylic acids is 1. The molecule has 1 saturated heterocycles. The summed E-state index contributed by atoms with van der Waals surface area (Å²) in [4.78, 5) is 18.7. The molecule has 1 aliphatic heterocycles. The molecule has 1 atom stereocenters. The Morgan fingerprint density at radius 3 is 2.83 bits per heavy atom. The summed E-state index contributed by atoms with van der Waals surface area (Å²) in [6.45, 7) is 2.50. The molecule has 1 fully saturated rings. The second kappa shape index (κ2) is 6.72. The Kier molecular flexibility index (Phi) is 4.68. The van der Waals surface area contributed by atoms with Gasteiger partial charge in [-0.3, -0.25) is 9.69 Å². The maximum absolute atomic E-state index is 13.9. The predicted octanol–water partition coefficient (Wildman–Crippen LogP) is 4.74. The topological polar surface area (TPSA) is 32.7 Å². The highest BCUT2D eigenvalue weighted by molar-refractivity contribution is 8.14. The molecule has 6 heteroatoms. The van der Waals surface area contributed by atoms with Crippen molar-refractivity contribution in [2.24, 2.45) is 4.99 Å². The van der Waals surface area contributed by atoms with E-state index in [2.05, 4.69) is 4.99 Å². The average molecular weight is 349 g/mol. The van der Waals surface area contributed by atoms with Gasteiger partial charge in [0.15, 0.2) is 5.17 Å². The van der Waals surface area contributed by atoms with Gasteiger partial charge in [-0.25, -0.2) is 9.38 Å². The minimum absolute atomic E-state index is 0.0565. The minimum atomic E-state index is -0.524. The van der Waals surface area contributed by atoms with Gasteiger partial charge in [-0.05, 0) is 30.3 Å². The van der Waals surface area contributed by atoms with Gasteiger partial charge in [0.1, 0.15) is 5.82 Å². The molecule has 1 aliphatic rings. The zero-order valence-electron chi connectivity index (χ0n) is 12.4. The van der Waals surface area contributed by atoms with Gasteiger partial charge < -0.3 is 0 Å². The van der Waals surface area contributed by atoms with E-state index in [-0.39, 0.29) is 16.7 Å². The quantitative estimate of drug-likeness (QED) is 0.785. The standard InChI is InChI=1S/C17H14ClFN2OS/c1-11-10-21(16(22)14-7-2-3-8-15(14)19)17(23-11)20-13-6-4-5-12(18)9-13/h2-9,11H,10H2,1H3/t11-/m0/s1. The van der Waals surface area contributed by atoms with Gasteiger partial charge >= 0.3 is 0 Å². The molecule has 3 nitrogen and oxygen atoms in total. The lowest BCUT2D eigenvalue weighted by Crippen LogP contribution is -2.33. The van der Waals surface area contributed by atoms with E-state index in [0.29, 0.717) is 22.4 Å². The molecule has 0 aromatic heterocycles. The van der Waals surface area contributed by atoms with Crippen LogP contribution in [0.15, 0.2) is 53.5 Å². The fourth-order valence-corrected chi connectivity index (χ4v) is 3.52. The first kappa shape index (κ1) is 16.0. The predicted molar refractivity (Wildman–Crippen MR) is 93.0 cm³/mol. The number of hydrogen-bond donors (Lipinski definition) is 0. The van der Waals surface area contributed by atoms with Gasteiger partial charge in [-0.15, -0.1) is 0 Å². The number of halogens is 2. The molecule has 118 valence electrons. The van der Waals surface area contributed by atoms with Crippen LogP contribution in [-0.4, -0.2) is 27.8 Å². The molecular weight excluding hydrogens is 335 g/mol. The highest BCUT2D eigenvalue weighted by Gasteiger charge is 2.32. The van der Waals surface area contributed by atoms with Crippen LogP contribution >= 0.6 is 23.4 Å². The second-order valence-electron chi connectivity index (χ2n) is 5.20. The van der Waals surface area contributed by atoms with Crippen molar-refractivity contribution in [3.8, 4) is 0 Å². The molecule has 2 aromatic carbocycles. The highest BCUT2D eigenvalue weighted by atomic mass is 35.5. The molecule has 3 rings (SSSR count). The maximum Gasteiger partial charge on any atom is 0.262 e. The van der Waals surface area contributed by atoms with Crippen molar-refractivity contribution in [1.82, 2.24) is 4.90 Å². The first-order valence-electron chi connectivity index (χ1n) is 7.12. The van der Waals surface area contributed by atoms with E-state index in [1.54, 1.807) is 30.3 Å². The van der Waals surface area contributed by atoms with Gasteiger partial charge in [0.25, 0.3) is 5.91 Å². The van der Waals surface area contributed by atoms with Crippen molar-refractivity contribution in [2.75, 3.05) is 6.54 Å². The average Bonchev–Trinajstić information content (AvgIpc) is 2.87. The van der Waals surface area contributed by atoms with Crippen LogP contribution < -0.4 is 0 Å². The van der Waals surface area contributed by atoms with Crippen molar-refractivity contribution >= 4 is 40.1 Å². The molecule has 0 unspecified atom stereocenters. The van der Waals surface area contributed by atoms with Crippen molar-refractivity contribution in [2.45, 2.75) is 12.2 Å². The molecule has 0 N–H and O–H groups in total. The third kappa shape index (κ3) is 3.57. The van der Waals surface area contributed by atoms with Crippen LogP contribution in [0.4, 0.5) is 10.1 Å². The van der Waals surface area contributed by atoms with Crippen molar-refractivity contribution in [1.29, 1.82) is 0 Å². The normalized spacial score (nSPS) is 19.3. The lowest BCUT2D eigenvalue weighted by molar-refractivity contribution is 0.0851. The number of aliphatic imine (C=N–C) groups is 1. The fraction of sp³-hybridized carbons (Fsp3) is 0.176. The number of carbonyl (C=O) groups is 1. The summed E-state index contributed by atoms with van der Waals surface area (Å²) in [7, 11) is 0. The molecule has 0 aliphatic carbocycles. The summed E-state index contributed by atoms with van der Waals surface area (Å²) in [6.07, 6.45) is 0. The minimum Gasteiger partial charge on any atom is -0.286 e. The maximum atomic E-state index is 13.9. The Hall–Kier alpha value is -1.85. The van der Waals surface area contributed by atoms with Gasteiger partial charge in [-0.2, -0.15) is 0 Å². The third-order valence-electron chi connectivity index (χ3n) is 3.36. The number of rotatable bonds is 2. The number of amides is 1. The number of benzene rings is 2. The molecule has 1 amide bonds. The van der Waals surface area contributed by atoms with E-state index in [1.807, 2.05) is 13.0 Å². The van der Waals surface area contributed by atoms with Crippen molar-refractivity contribution in [3.05, 3.63) is 64.9 Å². The zero-order valence-corrected chi connectivity index (χ0v) is 13.9. The van der Waals surface area contributed by atoms with Gasteiger partial charge in [0.05, 0.1) is 11.3 Å². The first-order valence-corrected chi connectivity index (χ1v) is 8.37. The molecule has 2 aromatic rings. The number of thioether (sulfide) groups is 1. The Balaban J connectivity index is 1.94. The van der Waals surface area contributed by atoms with Gasteiger partial charge in [0, 0.05) is 16.8 Å². The molecule has 0 bridgehead atoms. The fourth-order valence-electron chi connectivity index (χ4n) is 2.31. The molecule has 0 radical (unpaired) electrons. The molecule has 23 heavy (non-hydrogen) atoms. The van der Waals surface area contributed by atoms with E-state index in [1.165, 1.54) is 28.8 Å². The largest absolute Gasteiger partial charge is 0.286 e. The Bertz CT molecular complexity index is 781. The molecule has 1 heterocycles. The van der Waals surface area contributed by atoms with E-state index >= 15 is 0 Å². The molecule has 0 spiro atoms.